The zero-order valence-electron chi connectivity index (χ0n) is 15.9. The average molecular weight is 389 g/mol. The second-order valence-electron chi connectivity index (χ2n) is 6.74. The van der Waals surface area contributed by atoms with Crippen LogP contribution in [-0.2, 0) is 17.8 Å². The van der Waals surface area contributed by atoms with Crippen LogP contribution < -0.4 is 5.32 Å². The molecule has 1 aliphatic heterocycles. The average Bonchev–Trinajstić information content (AvgIpc) is 3.11. The highest BCUT2D eigenvalue weighted by atomic mass is 32.1. The monoisotopic (exact) mass is 388 g/mol. The molecular formula is C20H28N4O2S. The van der Waals surface area contributed by atoms with Gasteiger partial charge in [0.05, 0.1) is 31.0 Å². The number of thiazole rings is 1. The smallest absolute Gasteiger partial charge is 0.318 e. The maximum absolute atomic E-state index is 12.8. The molecule has 1 N–H and O–H groups in total. The summed E-state index contributed by atoms with van der Waals surface area (Å²) in [6.07, 6.45) is 0.949. The standard InChI is InChI=1S/C20H28N4O2S/c1-17-19(27-16-22-17)15-24(14-18-6-3-2-4-7-18)20(25)21-8-5-9-23-10-12-26-13-11-23/h2-4,6-7,16H,5,8-15H2,1H3,(H,21,25). The van der Waals surface area contributed by atoms with Crippen molar-refractivity contribution in [2.75, 3.05) is 39.4 Å². The lowest BCUT2D eigenvalue weighted by atomic mass is 10.2. The first-order valence-corrected chi connectivity index (χ1v) is 10.4. The van der Waals surface area contributed by atoms with Crippen molar-refractivity contribution in [2.24, 2.45) is 0 Å². The van der Waals surface area contributed by atoms with E-state index in [1.54, 1.807) is 11.3 Å². The molecule has 0 atom stereocenters. The summed E-state index contributed by atoms with van der Waals surface area (Å²) in [7, 11) is 0. The van der Waals surface area contributed by atoms with Crippen molar-refractivity contribution < 1.29 is 9.53 Å². The van der Waals surface area contributed by atoms with Gasteiger partial charge in [-0.1, -0.05) is 30.3 Å². The number of urea groups is 1. The van der Waals surface area contributed by atoms with E-state index >= 15 is 0 Å². The predicted molar refractivity (Wildman–Crippen MR) is 108 cm³/mol. The number of benzene rings is 1. The van der Waals surface area contributed by atoms with Gasteiger partial charge in [-0.25, -0.2) is 9.78 Å². The Bertz CT molecular complexity index is 701. The summed E-state index contributed by atoms with van der Waals surface area (Å²) >= 11 is 1.60. The second-order valence-corrected chi connectivity index (χ2v) is 7.68. The van der Waals surface area contributed by atoms with E-state index in [9.17, 15) is 4.79 Å². The highest BCUT2D eigenvalue weighted by Crippen LogP contribution is 2.17. The molecule has 0 bridgehead atoms. The van der Waals surface area contributed by atoms with Gasteiger partial charge in [-0.2, -0.15) is 0 Å². The summed E-state index contributed by atoms with van der Waals surface area (Å²) < 4.78 is 5.37. The number of morpholine rings is 1. The van der Waals surface area contributed by atoms with Gasteiger partial charge in [0, 0.05) is 31.1 Å². The molecule has 1 aromatic heterocycles. The van der Waals surface area contributed by atoms with Crippen LogP contribution in [-0.4, -0.2) is 60.2 Å². The van der Waals surface area contributed by atoms with E-state index in [2.05, 4.69) is 27.3 Å². The van der Waals surface area contributed by atoms with Gasteiger partial charge in [0.15, 0.2) is 0 Å². The quantitative estimate of drug-likeness (QED) is 0.707. The van der Waals surface area contributed by atoms with Crippen molar-refractivity contribution in [3.63, 3.8) is 0 Å². The molecule has 3 rings (SSSR count). The van der Waals surface area contributed by atoms with E-state index in [0.29, 0.717) is 19.6 Å². The lowest BCUT2D eigenvalue weighted by molar-refractivity contribution is 0.0375. The number of amides is 2. The first-order valence-electron chi connectivity index (χ1n) is 9.48. The molecule has 0 saturated carbocycles. The van der Waals surface area contributed by atoms with Crippen LogP contribution in [0.5, 0.6) is 0 Å². The van der Waals surface area contributed by atoms with Crippen molar-refractivity contribution in [2.45, 2.75) is 26.4 Å². The Morgan fingerprint density at radius 1 is 1.26 bits per heavy atom. The van der Waals surface area contributed by atoms with Crippen LogP contribution in [0.3, 0.4) is 0 Å². The van der Waals surface area contributed by atoms with Gasteiger partial charge >= 0.3 is 6.03 Å². The molecule has 27 heavy (non-hydrogen) atoms. The van der Waals surface area contributed by atoms with Crippen LogP contribution in [0.25, 0.3) is 0 Å². The summed E-state index contributed by atoms with van der Waals surface area (Å²) in [6.45, 7) is 8.44. The summed E-state index contributed by atoms with van der Waals surface area (Å²) in [5, 5.41) is 3.09. The normalized spacial score (nSPS) is 14.9. The minimum atomic E-state index is -0.0198. The Hall–Kier alpha value is -1.96. The molecule has 146 valence electrons. The number of nitrogens with zero attached hydrogens (tertiary/aromatic N) is 3. The highest BCUT2D eigenvalue weighted by molar-refractivity contribution is 7.09. The highest BCUT2D eigenvalue weighted by Gasteiger charge is 2.17. The SMILES string of the molecule is Cc1ncsc1CN(Cc1ccccc1)C(=O)NCCCN1CCOCC1. The van der Waals surface area contributed by atoms with E-state index in [-0.39, 0.29) is 6.03 Å². The third kappa shape index (κ3) is 6.30. The maximum Gasteiger partial charge on any atom is 0.318 e. The molecule has 1 saturated heterocycles. The topological polar surface area (TPSA) is 57.7 Å². The molecule has 0 spiro atoms. The van der Waals surface area contributed by atoms with E-state index in [1.807, 2.05) is 35.5 Å². The largest absolute Gasteiger partial charge is 0.379 e. The third-order valence-electron chi connectivity index (χ3n) is 4.71. The van der Waals surface area contributed by atoms with Gasteiger partial charge in [-0.15, -0.1) is 11.3 Å². The molecule has 2 amide bonds. The Labute approximate surface area is 165 Å². The molecule has 1 fully saturated rings. The summed E-state index contributed by atoms with van der Waals surface area (Å²) in [5.41, 5.74) is 3.97. The predicted octanol–water partition coefficient (Wildman–Crippen LogP) is 2.89. The van der Waals surface area contributed by atoms with E-state index < -0.39 is 0 Å². The Balaban J connectivity index is 1.52. The zero-order valence-corrected chi connectivity index (χ0v) is 16.7. The first kappa shape index (κ1) is 19.8. The van der Waals surface area contributed by atoms with Gasteiger partial charge in [0.2, 0.25) is 0 Å². The fraction of sp³-hybridized carbons (Fsp3) is 0.500. The van der Waals surface area contributed by atoms with E-state index in [0.717, 1.165) is 55.4 Å². The fourth-order valence-corrected chi connectivity index (χ4v) is 3.88. The van der Waals surface area contributed by atoms with Crippen molar-refractivity contribution in [1.29, 1.82) is 0 Å². The van der Waals surface area contributed by atoms with Gasteiger partial charge < -0.3 is 15.0 Å². The number of hydrogen-bond acceptors (Lipinski definition) is 5. The van der Waals surface area contributed by atoms with Crippen LogP contribution in [0, 0.1) is 6.92 Å². The van der Waals surface area contributed by atoms with Crippen LogP contribution in [0.2, 0.25) is 0 Å². The lowest BCUT2D eigenvalue weighted by Crippen LogP contribution is -2.41. The number of ether oxygens (including phenoxy) is 1. The minimum Gasteiger partial charge on any atom is -0.379 e. The maximum atomic E-state index is 12.8. The second kappa shape index (κ2) is 10.4. The zero-order chi connectivity index (χ0) is 18.9. The fourth-order valence-electron chi connectivity index (χ4n) is 3.09. The van der Waals surface area contributed by atoms with Crippen molar-refractivity contribution in [3.8, 4) is 0 Å². The molecule has 1 aromatic carbocycles. The number of carbonyl (C=O) groups is 1. The molecular weight excluding hydrogens is 360 g/mol. The molecule has 6 nitrogen and oxygen atoms in total. The third-order valence-corrected chi connectivity index (χ3v) is 5.63. The Morgan fingerprint density at radius 2 is 2.04 bits per heavy atom. The van der Waals surface area contributed by atoms with E-state index in [4.69, 9.17) is 4.74 Å². The summed E-state index contributed by atoms with van der Waals surface area (Å²) in [6, 6.07) is 10.1. The van der Waals surface area contributed by atoms with Gasteiger partial charge in [-0.3, -0.25) is 4.90 Å². The number of rotatable bonds is 8. The lowest BCUT2D eigenvalue weighted by Gasteiger charge is -2.27. The van der Waals surface area contributed by atoms with Gasteiger partial charge in [-0.05, 0) is 25.5 Å². The first-order chi connectivity index (χ1) is 13.2. The summed E-state index contributed by atoms with van der Waals surface area (Å²) in [5.74, 6) is 0. The van der Waals surface area contributed by atoms with Gasteiger partial charge in [0.25, 0.3) is 0 Å². The minimum absolute atomic E-state index is 0.0198. The van der Waals surface area contributed by atoms with E-state index in [1.165, 1.54) is 0 Å². The number of aromatic nitrogens is 1. The Kier molecular flexibility index (Phi) is 7.62. The number of aryl methyl sites for hydroxylation is 1. The van der Waals surface area contributed by atoms with Crippen LogP contribution in [0.15, 0.2) is 35.8 Å². The Morgan fingerprint density at radius 3 is 2.74 bits per heavy atom. The summed E-state index contributed by atoms with van der Waals surface area (Å²) in [4.78, 5) is 22.5. The molecule has 7 heteroatoms. The van der Waals surface area contributed by atoms with Crippen LogP contribution in [0.4, 0.5) is 4.79 Å². The number of carbonyl (C=O) groups excluding carboxylic acids is 1. The molecule has 1 aliphatic rings. The molecule has 2 heterocycles. The van der Waals surface area contributed by atoms with Crippen molar-refractivity contribution >= 4 is 17.4 Å². The van der Waals surface area contributed by atoms with Gasteiger partial charge in [0.1, 0.15) is 0 Å². The molecule has 0 unspecified atom stereocenters. The number of nitrogens with one attached hydrogen (secondary N) is 1. The van der Waals surface area contributed by atoms with Crippen molar-refractivity contribution in [3.05, 3.63) is 52.0 Å². The molecule has 0 aliphatic carbocycles. The molecule has 2 aromatic rings. The van der Waals surface area contributed by atoms with Crippen molar-refractivity contribution in [1.82, 2.24) is 20.1 Å². The van der Waals surface area contributed by atoms with Crippen LogP contribution >= 0.6 is 11.3 Å². The van der Waals surface area contributed by atoms with Crippen LogP contribution in [0.1, 0.15) is 22.6 Å². The molecule has 0 radical (unpaired) electrons. The number of hydrogen-bond donors (Lipinski definition) is 1.